The molecule has 0 saturated heterocycles. The molecule has 21 heavy (non-hydrogen) atoms. The molecule has 0 fully saturated rings. The van der Waals surface area contributed by atoms with E-state index in [0.717, 1.165) is 22.5 Å². The van der Waals surface area contributed by atoms with E-state index < -0.39 is 7.37 Å². The minimum Gasteiger partial charge on any atom is -0.344 e. The molecule has 0 aliphatic rings. The smallest absolute Gasteiger partial charge is 0.201 e. The third kappa shape index (κ3) is 5.41. The van der Waals surface area contributed by atoms with Crippen LogP contribution in [-0.2, 0) is 17.4 Å². The molecule has 0 amide bonds. The summed E-state index contributed by atoms with van der Waals surface area (Å²) in [5, 5.41) is 0. The Morgan fingerprint density at radius 2 is 1.33 bits per heavy atom. The number of aryl methyl sites for hydroxylation is 4. The van der Waals surface area contributed by atoms with Gasteiger partial charge in [-0.25, -0.2) is 0 Å². The first kappa shape index (κ1) is 15.9. The highest BCUT2D eigenvalue weighted by Crippen LogP contribution is 2.41. The van der Waals surface area contributed by atoms with Crippen LogP contribution in [0.2, 0.25) is 0 Å². The summed E-state index contributed by atoms with van der Waals surface area (Å²) in [6.07, 6.45) is 5.34. The van der Waals surface area contributed by atoms with Crippen LogP contribution >= 0.6 is 7.37 Å². The van der Waals surface area contributed by atoms with Gasteiger partial charge in [-0.3, -0.25) is 14.5 Å². The summed E-state index contributed by atoms with van der Waals surface area (Å²) in [6, 6.07) is 7.78. The highest BCUT2D eigenvalue weighted by molar-refractivity contribution is 7.57. The molecule has 0 spiro atoms. The number of nitrogens with zero attached hydrogens (tertiary/aromatic N) is 2. The first-order chi connectivity index (χ1) is 9.94. The minimum absolute atomic E-state index is 0.303. The van der Waals surface area contributed by atoms with Crippen molar-refractivity contribution in [3.8, 4) is 0 Å². The molecule has 0 aliphatic carbocycles. The van der Waals surface area contributed by atoms with Crippen LogP contribution in [0.25, 0.3) is 0 Å². The average molecular weight is 304 g/mol. The molecule has 0 atom stereocenters. The predicted molar refractivity (Wildman–Crippen MR) is 84.9 cm³/mol. The number of pyridine rings is 2. The topological polar surface area (TPSA) is 63.1 Å². The lowest BCUT2D eigenvalue weighted by molar-refractivity contribution is 0.477. The lowest BCUT2D eigenvalue weighted by Crippen LogP contribution is -2.02. The van der Waals surface area contributed by atoms with E-state index in [1.165, 1.54) is 0 Å². The van der Waals surface area contributed by atoms with E-state index in [2.05, 4.69) is 9.97 Å². The van der Waals surface area contributed by atoms with E-state index in [-0.39, 0.29) is 0 Å². The zero-order valence-electron chi connectivity index (χ0n) is 12.5. The SMILES string of the molecule is Cc1ccc(CCP(=O)(O)CCc2ccc(C)nc2)cn1. The van der Waals surface area contributed by atoms with Gasteiger partial charge in [0.15, 0.2) is 0 Å². The summed E-state index contributed by atoms with van der Waals surface area (Å²) in [6.45, 7) is 3.85. The van der Waals surface area contributed by atoms with Gasteiger partial charge in [0, 0.05) is 36.1 Å². The fourth-order valence-corrected chi connectivity index (χ4v) is 3.45. The van der Waals surface area contributed by atoms with Crippen LogP contribution in [0.5, 0.6) is 0 Å². The number of aromatic nitrogens is 2. The first-order valence-electron chi connectivity index (χ1n) is 7.08. The largest absolute Gasteiger partial charge is 0.344 e. The monoisotopic (exact) mass is 304 g/mol. The highest BCUT2D eigenvalue weighted by Gasteiger charge is 2.18. The Morgan fingerprint density at radius 3 is 1.67 bits per heavy atom. The Bertz CT molecular complexity index is 570. The molecule has 2 aromatic rings. The summed E-state index contributed by atoms with van der Waals surface area (Å²) in [7, 11) is -3.10. The fraction of sp³-hybridized carbons (Fsp3) is 0.375. The molecule has 4 nitrogen and oxygen atoms in total. The lowest BCUT2D eigenvalue weighted by atomic mass is 10.2. The standard InChI is InChI=1S/C16H21N2O2P/c1-13-3-5-15(11-17-13)7-9-21(19,20)10-8-16-6-4-14(2)18-12-16/h3-6,11-12H,7-10H2,1-2H3,(H,19,20). The predicted octanol–water partition coefficient (Wildman–Crippen LogP) is 3.15. The molecule has 2 aromatic heterocycles. The summed E-state index contributed by atoms with van der Waals surface area (Å²) in [5.74, 6) is 0. The van der Waals surface area contributed by atoms with Crippen LogP contribution in [-0.4, -0.2) is 27.2 Å². The van der Waals surface area contributed by atoms with Crippen LogP contribution in [0.4, 0.5) is 0 Å². The molecule has 5 heteroatoms. The van der Waals surface area contributed by atoms with Crippen molar-refractivity contribution < 1.29 is 9.46 Å². The Labute approximate surface area is 125 Å². The van der Waals surface area contributed by atoms with Crippen molar-refractivity contribution in [1.29, 1.82) is 0 Å². The zero-order valence-corrected chi connectivity index (χ0v) is 13.4. The van der Waals surface area contributed by atoms with Crippen LogP contribution < -0.4 is 0 Å². The Morgan fingerprint density at radius 1 is 0.905 bits per heavy atom. The van der Waals surface area contributed by atoms with Gasteiger partial charge in [-0.15, -0.1) is 0 Å². The van der Waals surface area contributed by atoms with Gasteiger partial charge in [0.2, 0.25) is 7.37 Å². The average Bonchev–Trinajstić information content (AvgIpc) is 2.46. The van der Waals surface area contributed by atoms with E-state index in [0.29, 0.717) is 25.2 Å². The van der Waals surface area contributed by atoms with E-state index in [1.807, 2.05) is 38.1 Å². The normalized spacial score (nSPS) is 11.6. The van der Waals surface area contributed by atoms with Crippen LogP contribution in [0.1, 0.15) is 22.5 Å². The number of rotatable bonds is 6. The van der Waals surface area contributed by atoms with E-state index in [4.69, 9.17) is 0 Å². The molecule has 112 valence electrons. The van der Waals surface area contributed by atoms with Crippen molar-refractivity contribution in [3.05, 3.63) is 59.2 Å². The van der Waals surface area contributed by atoms with Gasteiger partial charge in [-0.1, -0.05) is 12.1 Å². The maximum Gasteiger partial charge on any atom is 0.201 e. The summed E-state index contributed by atoms with van der Waals surface area (Å²) in [4.78, 5) is 18.5. The lowest BCUT2D eigenvalue weighted by Gasteiger charge is -2.11. The van der Waals surface area contributed by atoms with Crippen molar-refractivity contribution in [3.63, 3.8) is 0 Å². The molecule has 1 N–H and O–H groups in total. The summed E-state index contributed by atoms with van der Waals surface area (Å²) < 4.78 is 12.2. The zero-order chi connectivity index (χ0) is 15.3. The van der Waals surface area contributed by atoms with Crippen molar-refractivity contribution in [2.24, 2.45) is 0 Å². The van der Waals surface area contributed by atoms with Gasteiger partial charge in [-0.05, 0) is 49.9 Å². The minimum atomic E-state index is -3.10. The third-order valence-corrected chi connectivity index (χ3v) is 5.29. The van der Waals surface area contributed by atoms with Gasteiger partial charge >= 0.3 is 0 Å². The van der Waals surface area contributed by atoms with Gasteiger partial charge in [0.25, 0.3) is 0 Å². The molecule has 2 rings (SSSR count). The maximum atomic E-state index is 12.2. The molecular weight excluding hydrogens is 283 g/mol. The Kier molecular flexibility index (Phi) is 5.27. The molecule has 0 aliphatic heterocycles. The molecule has 0 aromatic carbocycles. The summed E-state index contributed by atoms with van der Waals surface area (Å²) in [5.41, 5.74) is 3.93. The molecule has 0 radical (unpaired) electrons. The van der Waals surface area contributed by atoms with E-state index in [1.54, 1.807) is 12.4 Å². The quantitative estimate of drug-likeness (QED) is 0.833. The molecule has 0 bridgehead atoms. The van der Waals surface area contributed by atoms with E-state index >= 15 is 0 Å². The molecular formula is C16H21N2O2P. The van der Waals surface area contributed by atoms with Crippen molar-refractivity contribution in [1.82, 2.24) is 9.97 Å². The van der Waals surface area contributed by atoms with Gasteiger partial charge < -0.3 is 4.89 Å². The molecule has 0 saturated carbocycles. The van der Waals surface area contributed by atoms with E-state index in [9.17, 15) is 9.46 Å². The second-order valence-electron chi connectivity index (χ2n) is 5.41. The second kappa shape index (κ2) is 6.97. The first-order valence-corrected chi connectivity index (χ1v) is 9.11. The van der Waals surface area contributed by atoms with Crippen LogP contribution in [0, 0.1) is 13.8 Å². The maximum absolute atomic E-state index is 12.2. The van der Waals surface area contributed by atoms with Crippen molar-refractivity contribution in [2.75, 3.05) is 12.3 Å². The Hall–Kier alpha value is -1.51. The van der Waals surface area contributed by atoms with Crippen molar-refractivity contribution >= 4 is 7.37 Å². The number of hydrogen-bond donors (Lipinski definition) is 1. The summed E-state index contributed by atoms with van der Waals surface area (Å²) >= 11 is 0. The number of hydrogen-bond acceptors (Lipinski definition) is 3. The third-order valence-electron chi connectivity index (χ3n) is 3.44. The second-order valence-corrected chi connectivity index (χ2v) is 8.00. The molecule has 2 heterocycles. The fourth-order valence-electron chi connectivity index (χ4n) is 2.01. The highest BCUT2D eigenvalue weighted by atomic mass is 31.2. The van der Waals surface area contributed by atoms with Crippen LogP contribution in [0.15, 0.2) is 36.7 Å². The Balaban J connectivity index is 1.85. The van der Waals surface area contributed by atoms with Gasteiger partial charge in [-0.2, -0.15) is 0 Å². The van der Waals surface area contributed by atoms with Gasteiger partial charge in [0.1, 0.15) is 0 Å². The molecule has 0 unspecified atom stereocenters. The van der Waals surface area contributed by atoms with Gasteiger partial charge in [0.05, 0.1) is 0 Å². The van der Waals surface area contributed by atoms with Crippen molar-refractivity contribution in [2.45, 2.75) is 26.7 Å². The van der Waals surface area contributed by atoms with Crippen LogP contribution in [0.3, 0.4) is 0 Å².